The van der Waals surface area contributed by atoms with E-state index in [4.69, 9.17) is 5.73 Å². The van der Waals surface area contributed by atoms with Gasteiger partial charge in [-0.3, -0.25) is 4.79 Å². The zero-order valence-electron chi connectivity index (χ0n) is 9.04. The van der Waals surface area contributed by atoms with E-state index < -0.39 is 12.2 Å². The lowest BCUT2D eigenvalue weighted by molar-refractivity contribution is 0.0695. The van der Waals surface area contributed by atoms with E-state index in [-0.39, 0.29) is 5.78 Å². The first-order valence-corrected chi connectivity index (χ1v) is 5.75. The number of carbonyl (C=O) groups excluding carboxylic acids is 2. The number of ether oxygens (including phenoxy) is 1. The van der Waals surface area contributed by atoms with Crippen molar-refractivity contribution in [3.05, 3.63) is 29.3 Å². The van der Waals surface area contributed by atoms with E-state index in [1.165, 1.54) is 18.3 Å². The molecule has 17 heavy (non-hydrogen) atoms. The van der Waals surface area contributed by atoms with Crippen molar-refractivity contribution in [1.82, 2.24) is 4.98 Å². The summed E-state index contributed by atoms with van der Waals surface area (Å²) in [6.45, 7) is 1.47. The molecule has 0 spiro atoms. The minimum atomic E-state index is -0.966. The molecule has 0 bridgehead atoms. The number of hydrogen-bond donors (Lipinski definition) is 1. The standard InChI is InChI=1S/C11H10N2O3S/c1-6(16-11(12)15)9(14)10-13-7-4-2-3-5-8(7)17-10/h2-6H,1H3,(H2,12,15)/t6-/m0/s1. The van der Waals surface area contributed by atoms with E-state index in [1.54, 1.807) is 0 Å². The zero-order chi connectivity index (χ0) is 12.4. The second-order valence-corrected chi connectivity index (χ2v) is 4.46. The van der Waals surface area contributed by atoms with Crippen LogP contribution in [0.25, 0.3) is 10.2 Å². The molecule has 0 aliphatic carbocycles. The Hall–Kier alpha value is -1.95. The molecule has 0 aliphatic heterocycles. The summed E-state index contributed by atoms with van der Waals surface area (Å²) in [5.74, 6) is -0.343. The summed E-state index contributed by atoms with van der Waals surface area (Å²) in [6, 6.07) is 7.42. The number of para-hydroxylation sites is 1. The smallest absolute Gasteiger partial charge is 0.405 e. The summed E-state index contributed by atoms with van der Waals surface area (Å²) in [6.07, 6.45) is -1.87. The highest BCUT2D eigenvalue weighted by atomic mass is 32.1. The van der Waals surface area contributed by atoms with Crippen molar-refractivity contribution in [2.24, 2.45) is 5.73 Å². The van der Waals surface area contributed by atoms with Gasteiger partial charge in [-0.15, -0.1) is 11.3 Å². The van der Waals surface area contributed by atoms with Crippen molar-refractivity contribution in [2.75, 3.05) is 0 Å². The van der Waals surface area contributed by atoms with Gasteiger partial charge < -0.3 is 10.5 Å². The first-order valence-electron chi connectivity index (χ1n) is 4.94. The van der Waals surface area contributed by atoms with Crippen LogP contribution < -0.4 is 5.73 Å². The second kappa shape index (κ2) is 4.50. The predicted octanol–water partition coefficient (Wildman–Crippen LogP) is 1.96. The van der Waals surface area contributed by atoms with Crippen LogP contribution in [0.4, 0.5) is 4.79 Å². The molecule has 88 valence electrons. The normalized spacial score (nSPS) is 12.3. The molecule has 1 amide bonds. The van der Waals surface area contributed by atoms with Crippen molar-refractivity contribution in [3.63, 3.8) is 0 Å². The average molecular weight is 250 g/mol. The van der Waals surface area contributed by atoms with Crippen LogP contribution in [-0.4, -0.2) is 23.0 Å². The van der Waals surface area contributed by atoms with E-state index in [1.807, 2.05) is 24.3 Å². The molecule has 1 heterocycles. The number of carbonyl (C=O) groups is 2. The van der Waals surface area contributed by atoms with Gasteiger partial charge in [0, 0.05) is 0 Å². The largest absolute Gasteiger partial charge is 0.438 e. The maximum Gasteiger partial charge on any atom is 0.405 e. The van der Waals surface area contributed by atoms with E-state index in [0.29, 0.717) is 5.01 Å². The lowest BCUT2D eigenvalue weighted by atomic mass is 10.2. The molecule has 0 fully saturated rings. The van der Waals surface area contributed by atoms with Crippen LogP contribution in [0.3, 0.4) is 0 Å². The van der Waals surface area contributed by atoms with Gasteiger partial charge in [-0.25, -0.2) is 9.78 Å². The molecule has 0 saturated heterocycles. The minimum Gasteiger partial charge on any atom is -0.438 e. The van der Waals surface area contributed by atoms with Crippen molar-refractivity contribution in [1.29, 1.82) is 0 Å². The number of thiazole rings is 1. The van der Waals surface area contributed by atoms with E-state index in [9.17, 15) is 9.59 Å². The fraction of sp³-hybridized carbons (Fsp3) is 0.182. The molecule has 0 radical (unpaired) electrons. The quantitative estimate of drug-likeness (QED) is 0.844. The van der Waals surface area contributed by atoms with Crippen molar-refractivity contribution >= 4 is 33.4 Å². The number of ketones is 1. The number of amides is 1. The molecule has 0 saturated carbocycles. The average Bonchev–Trinajstić information content (AvgIpc) is 2.70. The molecule has 1 aromatic heterocycles. The summed E-state index contributed by atoms with van der Waals surface area (Å²) >= 11 is 1.27. The van der Waals surface area contributed by atoms with E-state index in [0.717, 1.165) is 10.2 Å². The third-order valence-electron chi connectivity index (χ3n) is 2.17. The number of rotatable bonds is 3. The Labute approximate surface area is 101 Å². The fourth-order valence-electron chi connectivity index (χ4n) is 1.38. The number of aromatic nitrogens is 1. The van der Waals surface area contributed by atoms with Crippen molar-refractivity contribution in [2.45, 2.75) is 13.0 Å². The van der Waals surface area contributed by atoms with Crippen LogP contribution in [0.2, 0.25) is 0 Å². The van der Waals surface area contributed by atoms with Gasteiger partial charge in [0.1, 0.15) is 0 Å². The Morgan fingerprint density at radius 3 is 2.76 bits per heavy atom. The first kappa shape index (κ1) is 11.5. The summed E-state index contributed by atoms with van der Waals surface area (Å²) < 4.78 is 5.54. The monoisotopic (exact) mass is 250 g/mol. The van der Waals surface area contributed by atoms with Crippen molar-refractivity contribution in [3.8, 4) is 0 Å². The van der Waals surface area contributed by atoms with Crippen LogP contribution >= 0.6 is 11.3 Å². The van der Waals surface area contributed by atoms with Gasteiger partial charge in [0.05, 0.1) is 10.2 Å². The number of Topliss-reactive ketones (excluding diaryl/α,β-unsaturated/α-hetero) is 1. The number of nitrogens with two attached hydrogens (primary N) is 1. The highest BCUT2D eigenvalue weighted by Crippen LogP contribution is 2.22. The first-order chi connectivity index (χ1) is 8.08. The number of primary amides is 1. The summed E-state index contributed by atoms with van der Waals surface area (Å²) in [7, 11) is 0. The molecule has 0 unspecified atom stereocenters. The molecule has 0 aliphatic rings. The zero-order valence-corrected chi connectivity index (χ0v) is 9.86. The van der Waals surface area contributed by atoms with E-state index in [2.05, 4.69) is 9.72 Å². The van der Waals surface area contributed by atoms with E-state index >= 15 is 0 Å². The molecule has 5 nitrogen and oxygen atoms in total. The third kappa shape index (κ3) is 2.42. The molecule has 1 atom stereocenters. The SMILES string of the molecule is C[C@H](OC(N)=O)C(=O)c1nc2ccccc2s1. The van der Waals surface area contributed by atoms with Crippen LogP contribution in [0.5, 0.6) is 0 Å². The lowest BCUT2D eigenvalue weighted by Crippen LogP contribution is -2.27. The summed E-state index contributed by atoms with van der Waals surface area (Å²) in [4.78, 5) is 26.6. The van der Waals surface area contributed by atoms with Gasteiger partial charge in [-0.05, 0) is 19.1 Å². The van der Waals surface area contributed by atoms with Gasteiger partial charge in [0.25, 0.3) is 0 Å². The Kier molecular flexibility index (Phi) is 3.06. The third-order valence-corrected chi connectivity index (χ3v) is 3.22. The van der Waals surface area contributed by atoms with Gasteiger partial charge in [-0.2, -0.15) is 0 Å². The number of nitrogens with zero attached hydrogens (tertiary/aromatic N) is 1. The molecule has 2 rings (SSSR count). The maximum absolute atomic E-state index is 11.9. The Bertz CT molecular complexity index is 546. The maximum atomic E-state index is 11.9. The fourth-order valence-corrected chi connectivity index (χ4v) is 2.36. The Morgan fingerprint density at radius 1 is 1.41 bits per heavy atom. The molecular formula is C11H10N2O3S. The van der Waals surface area contributed by atoms with Gasteiger partial charge >= 0.3 is 6.09 Å². The van der Waals surface area contributed by atoms with Crippen LogP contribution in [0.15, 0.2) is 24.3 Å². The lowest BCUT2D eigenvalue weighted by Gasteiger charge is -2.07. The molecule has 2 aromatic rings. The molecule has 2 N–H and O–H groups in total. The van der Waals surface area contributed by atoms with Crippen LogP contribution in [0.1, 0.15) is 16.7 Å². The predicted molar refractivity (Wildman–Crippen MR) is 64.1 cm³/mol. The van der Waals surface area contributed by atoms with Crippen LogP contribution in [0, 0.1) is 0 Å². The molecule has 1 aromatic carbocycles. The van der Waals surface area contributed by atoms with Gasteiger partial charge in [0.15, 0.2) is 11.1 Å². The van der Waals surface area contributed by atoms with Gasteiger partial charge in [0.2, 0.25) is 5.78 Å². The topological polar surface area (TPSA) is 82.3 Å². The van der Waals surface area contributed by atoms with Gasteiger partial charge in [-0.1, -0.05) is 12.1 Å². The second-order valence-electron chi connectivity index (χ2n) is 3.43. The number of hydrogen-bond acceptors (Lipinski definition) is 5. The Morgan fingerprint density at radius 2 is 2.12 bits per heavy atom. The van der Waals surface area contributed by atoms with Crippen LogP contribution in [-0.2, 0) is 4.74 Å². The highest BCUT2D eigenvalue weighted by Gasteiger charge is 2.21. The summed E-state index contributed by atoms with van der Waals surface area (Å²) in [5, 5.41) is 0.319. The minimum absolute atomic E-state index is 0.319. The summed E-state index contributed by atoms with van der Waals surface area (Å²) in [5.41, 5.74) is 5.61. The number of benzene rings is 1. The number of fused-ring (bicyclic) bond motifs is 1. The Balaban J connectivity index is 2.27. The van der Waals surface area contributed by atoms with Crippen molar-refractivity contribution < 1.29 is 14.3 Å². The highest BCUT2D eigenvalue weighted by molar-refractivity contribution is 7.20. The molecular weight excluding hydrogens is 240 g/mol. The molecule has 6 heteroatoms.